The molecule has 1 aliphatic heterocycles. The smallest absolute Gasteiger partial charge is 0.444 e. The maximum atomic E-state index is 14.5. The molecule has 2 aromatic carbocycles. The summed E-state index contributed by atoms with van der Waals surface area (Å²) in [5.74, 6) is -6.47. The van der Waals surface area contributed by atoms with Crippen molar-refractivity contribution in [2.24, 2.45) is 0 Å². The summed E-state index contributed by atoms with van der Waals surface area (Å²) in [7, 11) is 0. The third kappa shape index (κ3) is 7.82. The first-order valence-corrected chi connectivity index (χ1v) is 13.2. The van der Waals surface area contributed by atoms with Gasteiger partial charge in [0.2, 0.25) is 11.7 Å². The van der Waals surface area contributed by atoms with Gasteiger partial charge in [0.15, 0.2) is 17.5 Å². The molecule has 2 atom stereocenters. The molecule has 0 unspecified atom stereocenters. The van der Waals surface area contributed by atoms with E-state index in [4.69, 9.17) is 4.74 Å². The molecule has 0 fully saturated rings. The lowest BCUT2D eigenvalue weighted by atomic mass is 9.99. The number of carbonyl (C=O) groups excluding carboxylic acids is 2. The number of alkyl carbamates (subject to hydrolysis) is 1. The minimum atomic E-state index is -4.81. The van der Waals surface area contributed by atoms with Gasteiger partial charge in [-0.1, -0.05) is 12.1 Å². The van der Waals surface area contributed by atoms with E-state index in [0.717, 1.165) is 16.7 Å². The first-order valence-electron chi connectivity index (χ1n) is 13.2. The van der Waals surface area contributed by atoms with Crippen LogP contribution in [0.5, 0.6) is 0 Å². The molecule has 1 aromatic heterocycles. The fourth-order valence-corrected chi connectivity index (χ4v) is 4.80. The van der Waals surface area contributed by atoms with E-state index in [9.17, 15) is 40.3 Å². The standard InChI is InChI=1S/C28H28F7N5O3/c1-27(2,3)43-26(42)36-18(11-16-12-20(31)21(32)14-19(16)30)13-23(41)39-8-9-40-24(37-38-25(40)28(33,34)35)22(39)10-15-4-6-17(29)7-5-15/h4-7,12,14,18,22H,8-11,13H2,1-3H3,(H,36,42)/t18-,22+/m1/s1. The number of hydrogen-bond donors (Lipinski definition) is 1. The van der Waals surface area contributed by atoms with Crippen LogP contribution in [0.2, 0.25) is 0 Å². The number of carbonyl (C=O) groups is 2. The molecular weight excluding hydrogens is 587 g/mol. The Kier molecular flexibility index (Phi) is 9.02. The van der Waals surface area contributed by atoms with Crippen LogP contribution in [-0.4, -0.2) is 49.9 Å². The van der Waals surface area contributed by atoms with Crippen LogP contribution in [0, 0.1) is 23.3 Å². The lowest BCUT2D eigenvalue weighted by molar-refractivity contribution is -0.148. The largest absolute Gasteiger partial charge is 0.451 e. The number of aromatic nitrogens is 3. The Morgan fingerprint density at radius 1 is 0.977 bits per heavy atom. The van der Waals surface area contributed by atoms with Crippen LogP contribution in [0.3, 0.4) is 0 Å². The summed E-state index contributed by atoms with van der Waals surface area (Å²) < 4.78 is 102. The molecule has 0 radical (unpaired) electrons. The lowest BCUT2D eigenvalue weighted by Crippen LogP contribution is -2.48. The zero-order chi connectivity index (χ0) is 31.7. The Bertz CT molecular complexity index is 1490. The Morgan fingerprint density at radius 3 is 2.26 bits per heavy atom. The van der Waals surface area contributed by atoms with Gasteiger partial charge in [-0.05, 0) is 56.5 Å². The third-order valence-corrected chi connectivity index (χ3v) is 6.63. The van der Waals surface area contributed by atoms with Crippen molar-refractivity contribution >= 4 is 12.0 Å². The van der Waals surface area contributed by atoms with Crippen molar-refractivity contribution in [3.8, 4) is 0 Å². The molecule has 0 saturated heterocycles. The van der Waals surface area contributed by atoms with E-state index in [1.165, 1.54) is 17.0 Å². The lowest BCUT2D eigenvalue weighted by Gasteiger charge is -2.37. The molecule has 4 rings (SSSR count). The highest BCUT2D eigenvalue weighted by Crippen LogP contribution is 2.35. The fourth-order valence-electron chi connectivity index (χ4n) is 4.80. The van der Waals surface area contributed by atoms with Crippen LogP contribution in [-0.2, 0) is 35.1 Å². The van der Waals surface area contributed by atoms with Gasteiger partial charge < -0.3 is 19.5 Å². The van der Waals surface area contributed by atoms with Gasteiger partial charge in [0, 0.05) is 38.0 Å². The Labute approximate surface area is 241 Å². The summed E-state index contributed by atoms with van der Waals surface area (Å²) in [5.41, 5.74) is -0.787. The zero-order valence-electron chi connectivity index (χ0n) is 23.3. The molecule has 1 N–H and O–H groups in total. The molecule has 232 valence electrons. The quantitative estimate of drug-likeness (QED) is 0.280. The number of nitrogens with one attached hydrogen (secondary N) is 1. The molecule has 15 heteroatoms. The molecule has 0 saturated carbocycles. The van der Waals surface area contributed by atoms with Crippen LogP contribution in [0.25, 0.3) is 0 Å². The Balaban J connectivity index is 1.65. The fraction of sp³-hybridized carbons (Fsp3) is 0.429. The van der Waals surface area contributed by atoms with E-state index in [1.807, 2.05) is 0 Å². The summed E-state index contributed by atoms with van der Waals surface area (Å²) in [5, 5.41) is 9.47. The normalized spacial score (nSPS) is 16.0. The monoisotopic (exact) mass is 615 g/mol. The second kappa shape index (κ2) is 12.2. The van der Waals surface area contributed by atoms with Crippen LogP contribution in [0.15, 0.2) is 36.4 Å². The van der Waals surface area contributed by atoms with Crippen molar-refractivity contribution in [3.63, 3.8) is 0 Å². The second-order valence-corrected chi connectivity index (χ2v) is 11.1. The predicted molar refractivity (Wildman–Crippen MR) is 137 cm³/mol. The molecule has 3 aromatic rings. The number of amides is 2. The predicted octanol–water partition coefficient (Wildman–Crippen LogP) is 5.51. The van der Waals surface area contributed by atoms with Gasteiger partial charge >= 0.3 is 12.3 Å². The zero-order valence-corrected chi connectivity index (χ0v) is 23.3. The number of fused-ring (bicyclic) bond motifs is 1. The maximum absolute atomic E-state index is 14.5. The van der Waals surface area contributed by atoms with Crippen molar-refractivity contribution in [1.82, 2.24) is 25.0 Å². The van der Waals surface area contributed by atoms with Crippen LogP contribution < -0.4 is 5.32 Å². The molecule has 0 spiro atoms. The minimum absolute atomic E-state index is 0.0516. The Hall–Kier alpha value is -4.17. The summed E-state index contributed by atoms with van der Waals surface area (Å²) in [6, 6.07) is 3.83. The molecular formula is C28H28F7N5O3. The number of rotatable bonds is 7. The summed E-state index contributed by atoms with van der Waals surface area (Å²) >= 11 is 0. The van der Waals surface area contributed by atoms with Crippen LogP contribution in [0.1, 0.15) is 56.0 Å². The second-order valence-electron chi connectivity index (χ2n) is 11.1. The summed E-state index contributed by atoms with van der Waals surface area (Å²) in [6.07, 6.45) is -6.79. The molecule has 43 heavy (non-hydrogen) atoms. The van der Waals surface area contributed by atoms with Gasteiger partial charge in [-0.3, -0.25) is 4.79 Å². The average molecular weight is 616 g/mol. The first-order chi connectivity index (χ1) is 20.0. The highest BCUT2D eigenvalue weighted by atomic mass is 19.4. The van der Waals surface area contributed by atoms with Crippen molar-refractivity contribution in [2.75, 3.05) is 6.54 Å². The van der Waals surface area contributed by atoms with Crippen LogP contribution >= 0.6 is 0 Å². The number of ether oxygens (including phenoxy) is 1. The van der Waals surface area contributed by atoms with E-state index in [0.29, 0.717) is 17.7 Å². The molecule has 1 aliphatic rings. The van der Waals surface area contributed by atoms with Crippen molar-refractivity contribution < 1.29 is 45.1 Å². The molecule has 8 nitrogen and oxygen atoms in total. The van der Waals surface area contributed by atoms with Gasteiger partial charge in [0.25, 0.3) is 0 Å². The van der Waals surface area contributed by atoms with Crippen LogP contribution in [0.4, 0.5) is 35.5 Å². The topological polar surface area (TPSA) is 89.4 Å². The summed E-state index contributed by atoms with van der Waals surface area (Å²) in [6.45, 7) is 4.24. The van der Waals surface area contributed by atoms with Crippen molar-refractivity contribution in [1.29, 1.82) is 0 Å². The molecule has 2 heterocycles. The van der Waals surface area contributed by atoms with Gasteiger partial charge in [0.05, 0.1) is 6.04 Å². The van der Waals surface area contributed by atoms with E-state index < -0.39 is 77.8 Å². The Morgan fingerprint density at radius 2 is 1.63 bits per heavy atom. The number of halogens is 7. The molecule has 0 aliphatic carbocycles. The first kappa shape index (κ1) is 31.8. The number of hydrogen-bond acceptors (Lipinski definition) is 5. The van der Waals surface area contributed by atoms with Crippen molar-refractivity contribution in [3.05, 3.63) is 82.4 Å². The minimum Gasteiger partial charge on any atom is -0.444 e. The highest BCUT2D eigenvalue weighted by molar-refractivity contribution is 5.78. The number of benzene rings is 2. The van der Waals surface area contributed by atoms with Crippen molar-refractivity contribution in [2.45, 2.75) is 70.4 Å². The highest BCUT2D eigenvalue weighted by Gasteiger charge is 2.43. The average Bonchev–Trinajstić information content (AvgIpc) is 3.33. The van der Waals surface area contributed by atoms with Gasteiger partial charge in [-0.2, -0.15) is 13.2 Å². The molecule has 0 bridgehead atoms. The third-order valence-electron chi connectivity index (χ3n) is 6.63. The number of alkyl halides is 3. The van der Waals surface area contributed by atoms with Gasteiger partial charge in [-0.25, -0.2) is 22.4 Å². The van der Waals surface area contributed by atoms with E-state index >= 15 is 0 Å². The summed E-state index contributed by atoms with van der Waals surface area (Å²) in [4.78, 5) is 27.5. The maximum Gasteiger partial charge on any atom is 0.451 e. The van der Waals surface area contributed by atoms with Gasteiger partial charge in [-0.15, -0.1) is 10.2 Å². The van der Waals surface area contributed by atoms with Gasteiger partial charge in [0.1, 0.15) is 17.2 Å². The van der Waals surface area contributed by atoms with E-state index in [-0.39, 0.29) is 30.9 Å². The molecule has 2 amide bonds. The van der Waals surface area contributed by atoms with E-state index in [2.05, 4.69) is 15.5 Å². The number of nitrogens with zero attached hydrogens (tertiary/aromatic N) is 4. The van der Waals surface area contributed by atoms with E-state index in [1.54, 1.807) is 20.8 Å². The SMILES string of the molecule is CC(C)(C)OC(=O)N[C@@H](CC(=O)N1CCn2c(nnc2C(F)(F)F)[C@@H]1Cc1ccc(F)cc1)Cc1cc(F)c(F)cc1F.